The molecule has 152 valence electrons. The van der Waals surface area contributed by atoms with Gasteiger partial charge in [0.05, 0.1) is 18.2 Å². The lowest BCUT2D eigenvalue weighted by molar-refractivity contribution is -0.140. The Morgan fingerprint density at radius 1 is 1.21 bits per heavy atom. The predicted molar refractivity (Wildman–Crippen MR) is 107 cm³/mol. The number of rotatable bonds is 8. The lowest BCUT2D eigenvalue weighted by Gasteiger charge is -2.25. The van der Waals surface area contributed by atoms with Crippen LogP contribution in [0.1, 0.15) is 30.5 Å². The van der Waals surface area contributed by atoms with Gasteiger partial charge in [0.1, 0.15) is 11.5 Å². The number of aliphatic hydroxyl groups is 1. The smallest absolute Gasteiger partial charge is 0.295 e. The van der Waals surface area contributed by atoms with Crippen molar-refractivity contribution < 1.29 is 24.2 Å². The number of carbonyl (C=O) groups is 2. The van der Waals surface area contributed by atoms with Gasteiger partial charge in [0.25, 0.3) is 11.7 Å². The summed E-state index contributed by atoms with van der Waals surface area (Å²) in [6.45, 7) is 3.14. The van der Waals surface area contributed by atoms with E-state index in [1.165, 1.54) is 4.90 Å². The van der Waals surface area contributed by atoms with E-state index in [0.717, 1.165) is 0 Å². The molecule has 1 atom stereocenters. The number of hydrogen-bond donors (Lipinski definition) is 1. The second-order valence-electron chi connectivity index (χ2n) is 6.58. The monoisotopic (exact) mass is 396 g/mol. The minimum atomic E-state index is -0.705. The van der Waals surface area contributed by atoms with E-state index in [9.17, 15) is 14.7 Å². The maximum atomic E-state index is 12.9. The number of methoxy groups -OCH3 is 1. The zero-order valence-electron chi connectivity index (χ0n) is 16.5. The topological polar surface area (TPSA) is 89.0 Å². The van der Waals surface area contributed by atoms with Gasteiger partial charge in [0, 0.05) is 38.2 Å². The fourth-order valence-corrected chi connectivity index (χ4v) is 3.44. The average molecular weight is 396 g/mol. The van der Waals surface area contributed by atoms with E-state index in [4.69, 9.17) is 9.47 Å². The molecule has 1 N–H and O–H groups in total. The highest BCUT2D eigenvalue weighted by Crippen LogP contribution is 2.39. The first kappa shape index (κ1) is 20.5. The average Bonchev–Trinajstić information content (AvgIpc) is 2.99. The van der Waals surface area contributed by atoms with Gasteiger partial charge in [0.15, 0.2) is 0 Å². The largest absolute Gasteiger partial charge is 0.507 e. The van der Waals surface area contributed by atoms with Crippen LogP contribution in [0.4, 0.5) is 0 Å². The van der Waals surface area contributed by atoms with E-state index in [-0.39, 0.29) is 11.3 Å². The van der Waals surface area contributed by atoms with E-state index < -0.39 is 17.7 Å². The van der Waals surface area contributed by atoms with Gasteiger partial charge in [-0.2, -0.15) is 0 Å². The van der Waals surface area contributed by atoms with Crippen LogP contribution >= 0.6 is 0 Å². The molecule has 2 heterocycles. The molecule has 2 aromatic rings. The van der Waals surface area contributed by atoms with Gasteiger partial charge in [0.2, 0.25) is 0 Å². The molecule has 1 aliphatic heterocycles. The zero-order valence-corrected chi connectivity index (χ0v) is 16.5. The van der Waals surface area contributed by atoms with E-state index in [2.05, 4.69) is 4.98 Å². The van der Waals surface area contributed by atoms with Crippen molar-refractivity contribution in [2.45, 2.75) is 19.4 Å². The lowest BCUT2D eigenvalue weighted by Crippen LogP contribution is -2.31. The van der Waals surface area contributed by atoms with Crippen LogP contribution in [0.3, 0.4) is 0 Å². The molecule has 7 nitrogen and oxygen atoms in total. The Bertz CT molecular complexity index is 910. The van der Waals surface area contributed by atoms with Crippen molar-refractivity contribution in [1.29, 1.82) is 0 Å². The summed E-state index contributed by atoms with van der Waals surface area (Å²) < 4.78 is 10.6. The second-order valence-corrected chi connectivity index (χ2v) is 6.58. The summed E-state index contributed by atoms with van der Waals surface area (Å²) in [7, 11) is 1.58. The van der Waals surface area contributed by atoms with Crippen molar-refractivity contribution in [1.82, 2.24) is 9.88 Å². The molecule has 1 aromatic heterocycles. The molecule has 1 saturated heterocycles. The highest BCUT2D eigenvalue weighted by Gasteiger charge is 2.45. The highest BCUT2D eigenvalue weighted by atomic mass is 16.5. The number of pyridine rings is 1. The summed E-state index contributed by atoms with van der Waals surface area (Å²) in [5.41, 5.74) is 1.19. The third-order valence-corrected chi connectivity index (χ3v) is 4.73. The number of carbonyl (C=O) groups excluding carboxylic acids is 2. The Hall–Kier alpha value is -3.19. The molecular weight excluding hydrogens is 372 g/mol. The molecule has 0 bridgehead atoms. The molecule has 1 fully saturated rings. The predicted octanol–water partition coefficient (Wildman–Crippen LogP) is 2.94. The molecule has 3 rings (SSSR count). The summed E-state index contributed by atoms with van der Waals surface area (Å²) in [6.07, 6.45) is 3.77. The number of aliphatic hydroxyl groups excluding tert-OH is 1. The Labute approximate surface area is 169 Å². The summed E-state index contributed by atoms with van der Waals surface area (Å²) in [5.74, 6) is -0.985. The first-order valence-corrected chi connectivity index (χ1v) is 9.49. The molecule has 7 heteroatoms. The molecule has 1 aromatic carbocycles. The fraction of sp³-hybridized carbons (Fsp3) is 0.318. The Morgan fingerprint density at radius 2 is 1.97 bits per heavy atom. The standard InChI is InChI=1S/C22H24N2O5/c1-3-29-17-7-4-6-16(14-17)20(25)18-19(15-8-10-23-11-9-15)24(12-5-13-28-2)22(27)21(18)26/h4,6-11,14,19,25H,3,5,12-13H2,1-2H3/b20-18+. The lowest BCUT2D eigenvalue weighted by atomic mass is 9.96. The number of amides is 1. The number of aromatic nitrogens is 1. The van der Waals surface area contributed by atoms with E-state index in [1.54, 1.807) is 55.9 Å². The highest BCUT2D eigenvalue weighted by molar-refractivity contribution is 6.46. The van der Waals surface area contributed by atoms with Crippen LogP contribution in [0.15, 0.2) is 54.4 Å². The number of likely N-dealkylation sites (tertiary alicyclic amines) is 1. The van der Waals surface area contributed by atoms with Crippen LogP contribution in [0.2, 0.25) is 0 Å². The van der Waals surface area contributed by atoms with Crippen molar-refractivity contribution in [2.24, 2.45) is 0 Å². The van der Waals surface area contributed by atoms with Gasteiger partial charge >= 0.3 is 0 Å². The second kappa shape index (κ2) is 9.34. The summed E-state index contributed by atoms with van der Waals surface area (Å²) in [6, 6.07) is 9.62. The quantitative estimate of drug-likeness (QED) is 0.319. The zero-order chi connectivity index (χ0) is 20.8. The van der Waals surface area contributed by atoms with Gasteiger partial charge < -0.3 is 19.5 Å². The number of nitrogens with zero attached hydrogens (tertiary/aromatic N) is 2. The van der Waals surface area contributed by atoms with Crippen LogP contribution in [0.25, 0.3) is 5.76 Å². The summed E-state index contributed by atoms with van der Waals surface area (Å²) in [5, 5.41) is 11.0. The van der Waals surface area contributed by atoms with Crippen molar-refractivity contribution in [2.75, 3.05) is 26.9 Å². The maximum absolute atomic E-state index is 12.9. The molecule has 29 heavy (non-hydrogen) atoms. The first-order chi connectivity index (χ1) is 14.1. The minimum absolute atomic E-state index is 0.0623. The first-order valence-electron chi connectivity index (χ1n) is 9.49. The number of ether oxygens (including phenoxy) is 2. The van der Waals surface area contributed by atoms with E-state index >= 15 is 0 Å². The van der Waals surface area contributed by atoms with E-state index in [0.29, 0.717) is 43.1 Å². The maximum Gasteiger partial charge on any atom is 0.295 e. The molecule has 1 unspecified atom stereocenters. The number of hydrogen-bond acceptors (Lipinski definition) is 6. The van der Waals surface area contributed by atoms with Crippen LogP contribution < -0.4 is 4.74 Å². The van der Waals surface area contributed by atoms with E-state index in [1.807, 2.05) is 6.92 Å². The van der Waals surface area contributed by atoms with Crippen molar-refractivity contribution in [3.8, 4) is 5.75 Å². The molecule has 0 saturated carbocycles. The van der Waals surface area contributed by atoms with Crippen LogP contribution in [0, 0.1) is 0 Å². The van der Waals surface area contributed by atoms with Gasteiger partial charge in [-0.3, -0.25) is 14.6 Å². The van der Waals surface area contributed by atoms with Gasteiger partial charge in [-0.05, 0) is 43.2 Å². The fourth-order valence-electron chi connectivity index (χ4n) is 3.44. The van der Waals surface area contributed by atoms with Gasteiger partial charge in [-0.1, -0.05) is 12.1 Å². The summed E-state index contributed by atoms with van der Waals surface area (Å²) >= 11 is 0. The van der Waals surface area contributed by atoms with Crippen LogP contribution in [-0.2, 0) is 14.3 Å². The van der Waals surface area contributed by atoms with Crippen LogP contribution in [-0.4, -0.2) is 53.5 Å². The number of ketones is 1. The van der Waals surface area contributed by atoms with Crippen molar-refractivity contribution in [3.05, 3.63) is 65.5 Å². The van der Waals surface area contributed by atoms with Gasteiger partial charge in [-0.25, -0.2) is 0 Å². The van der Waals surface area contributed by atoms with Gasteiger partial charge in [-0.15, -0.1) is 0 Å². The third kappa shape index (κ3) is 4.30. The molecule has 1 amide bonds. The third-order valence-electron chi connectivity index (χ3n) is 4.73. The SMILES string of the molecule is CCOc1cccc(/C(O)=C2\C(=O)C(=O)N(CCCOC)C2c2ccncc2)c1. The number of Topliss-reactive ketones (excluding diaryl/α,β-unsaturated/α-hetero) is 1. The normalized spacial score (nSPS) is 18.3. The minimum Gasteiger partial charge on any atom is -0.507 e. The Kier molecular flexibility index (Phi) is 6.61. The molecule has 1 aliphatic rings. The van der Waals surface area contributed by atoms with Crippen molar-refractivity contribution in [3.63, 3.8) is 0 Å². The van der Waals surface area contributed by atoms with Crippen molar-refractivity contribution >= 4 is 17.4 Å². The molecular formula is C22H24N2O5. The van der Waals surface area contributed by atoms with Crippen LogP contribution in [0.5, 0.6) is 5.75 Å². The molecule has 0 aliphatic carbocycles. The Balaban J connectivity index is 2.08. The Morgan fingerprint density at radius 3 is 2.66 bits per heavy atom. The summed E-state index contributed by atoms with van der Waals surface area (Å²) in [4.78, 5) is 31.1. The molecule has 0 radical (unpaired) electrons. The molecule has 0 spiro atoms. The number of benzene rings is 1.